The fraction of sp³-hybridized carbons (Fsp3) is 0.389. The summed E-state index contributed by atoms with van der Waals surface area (Å²) in [5.41, 5.74) is 2.48. The topological polar surface area (TPSA) is 64.4 Å². The van der Waals surface area contributed by atoms with Gasteiger partial charge in [-0.1, -0.05) is 18.2 Å². The number of carbonyl (C=O) groups excluding carboxylic acids is 1. The quantitative estimate of drug-likeness (QED) is 0.833. The van der Waals surface area contributed by atoms with Crippen molar-refractivity contribution in [3.05, 3.63) is 57.8 Å². The van der Waals surface area contributed by atoms with Crippen molar-refractivity contribution in [2.45, 2.75) is 32.4 Å². The second-order valence-corrected chi connectivity index (χ2v) is 6.02. The van der Waals surface area contributed by atoms with Gasteiger partial charge >= 0.3 is 0 Å². The molecule has 0 atom stereocenters. The van der Waals surface area contributed by atoms with Crippen LogP contribution in [-0.2, 0) is 30.7 Å². The molecule has 0 fully saturated rings. The zero-order valence-corrected chi connectivity index (χ0v) is 14.0. The lowest BCUT2D eigenvalue weighted by Crippen LogP contribution is -2.34. The lowest BCUT2D eigenvalue weighted by atomic mass is 10.2. The molecule has 0 saturated carbocycles. The molecular formula is C18H21N3O3. The predicted octanol–water partition coefficient (Wildman–Crippen LogP) is 1.40. The van der Waals surface area contributed by atoms with E-state index < -0.39 is 0 Å². The number of benzene rings is 1. The molecule has 0 N–H and O–H groups in total. The van der Waals surface area contributed by atoms with E-state index in [9.17, 15) is 9.59 Å². The van der Waals surface area contributed by atoms with E-state index in [1.165, 1.54) is 10.9 Å². The maximum atomic E-state index is 12.5. The normalized spacial score (nSPS) is 12.8. The summed E-state index contributed by atoms with van der Waals surface area (Å²) in [5, 5.41) is 0. The van der Waals surface area contributed by atoms with Crippen LogP contribution in [0.25, 0.3) is 0 Å². The molecule has 0 radical (unpaired) electrons. The van der Waals surface area contributed by atoms with Crippen molar-refractivity contribution in [2.75, 3.05) is 14.2 Å². The van der Waals surface area contributed by atoms with Gasteiger partial charge in [-0.15, -0.1) is 0 Å². The number of hydrogen-bond acceptors (Lipinski definition) is 4. The number of nitrogens with zero attached hydrogens (tertiary/aromatic N) is 3. The van der Waals surface area contributed by atoms with E-state index in [1.807, 2.05) is 24.3 Å². The molecule has 0 spiro atoms. The summed E-state index contributed by atoms with van der Waals surface area (Å²) in [7, 11) is 3.33. The lowest BCUT2D eigenvalue weighted by Gasteiger charge is -2.19. The van der Waals surface area contributed by atoms with Crippen LogP contribution >= 0.6 is 0 Å². The average molecular weight is 327 g/mol. The first-order chi connectivity index (χ1) is 11.6. The molecule has 0 aliphatic heterocycles. The second kappa shape index (κ2) is 6.86. The van der Waals surface area contributed by atoms with Crippen molar-refractivity contribution in [2.24, 2.45) is 0 Å². The Bertz CT molecular complexity index is 813. The molecule has 2 aromatic rings. The minimum absolute atomic E-state index is 0.00472. The zero-order valence-electron chi connectivity index (χ0n) is 14.0. The number of aromatic nitrogens is 2. The molecule has 1 aliphatic carbocycles. The number of ether oxygens (including phenoxy) is 1. The number of likely N-dealkylation sites (N-methyl/N-ethyl adjacent to an activating group) is 1. The van der Waals surface area contributed by atoms with Gasteiger partial charge in [-0.05, 0) is 25.3 Å². The third-order valence-electron chi connectivity index (χ3n) is 4.39. The van der Waals surface area contributed by atoms with Gasteiger partial charge in [-0.25, -0.2) is 4.98 Å². The van der Waals surface area contributed by atoms with Crippen molar-refractivity contribution in [1.82, 2.24) is 14.5 Å². The Balaban J connectivity index is 1.72. The number of rotatable bonds is 5. The zero-order chi connectivity index (χ0) is 17.1. The predicted molar refractivity (Wildman–Crippen MR) is 90.0 cm³/mol. The van der Waals surface area contributed by atoms with E-state index in [-0.39, 0.29) is 18.0 Å². The van der Waals surface area contributed by atoms with Crippen LogP contribution in [0.3, 0.4) is 0 Å². The summed E-state index contributed by atoms with van der Waals surface area (Å²) in [5.74, 6) is 0.608. The highest BCUT2D eigenvalue weighted by atomic mass is 16.5. The van der Waals surface area contributed by atoms with E-state index in [0.717, 1.165) is 41.8 Å². The number of amides is 1. The Labute approximate surface area is 140 Å². The molecule has 1 aromatic carbocycles. The number of carbonyl (C=O) groups is 1. The highest BCUT2D eigenvalue weighted by Crippen LogP contribution is 2.19. The summed E-state index contributed by atoms with van der Waals surface area (Å²) < 4.78 is 6.72. The van der Waals surface area contributed by atoms with Crippen molar-refractivity contribution >= 4 is 5.91 Å². The van der Waals surface area contributed by atoms with E-state index in [4.69, 9.17) is 4.74 Å². The monoisotopic (exact) mass is 327 g/mol. The molecule has 1 heterocycles. The summed E-state index contributed by atoms with van der Waals surface area (Å²) >= 11 is 0. The van der Waals surface area contributed by atoms with E-state index in [1.54, 1.807) is 19.1 Å². The summed E-state index contributed by atoms with van der Waals surface area (Å²) in [6.07, 6.45) is 4.06. The molecule has 1 aromatic heterocycles. The van der Waals surface area contributed by atoms with Gasteiger partial charge in [0.2, 0.25) is 5.91 Å². The molecule has 1 aliphatic rings. The van der Waals surface area contributed by atoms with Gasteiger partial charge in [-0.2, -0.15) is 0 Å². The molecule has 6 nitrogen and oxygen atoms in total. The van der Waals surface area contributed by atoms with Crippen molar-refractivity contribution in [1.29, 1.82) is 0 Å². The molecule has 6 heteroatoms. The van der Waals surface area contributed by atoms with E-state index >= 15 is 0 Å². The average Bonchev–Trinajstić information content (AvgIpc) is 3.07. The van der Waals surface area contributed by atoms with Gasteiger partial charge in [0, 0.05) is 24.7 Å². The van der Waals surface area contributed by atoms with Gasteiger partial charge < -0.3 is 9.64 Å². The standard InChI is InChI=1S/C18H21N3O3/c1-20(10-13-6-3-4-9-16(13)24-2)17(22)11-21-12-19-15-8-5-7-14(15)18(21)23/h3-4,6,9,12H,5,7-8,10-11H2,1-2H3. The van der Waals surface area contributed by atoms with Gasteiger partial charge in [0.05, 0.1) is 19.1 Å². The number of hydrogen-bond donors (Lipinski definition) is 0. The van der Waals surface area contributed by atoms with Crippen molar-refractivity contribution in [3.8, 4) is 5.75 Å². The third-order valence-corrected chi connectivity index (χ3v) is 4.39. The van der Waals surface area contributed by atoms with Crippen LogP contribution in [-0.4, -0.2) is 34.5 Å². The van der Waals surface area contributed by atoms with Crippen LogP contribution in [0.4, 0.5) is 0 Å². The van der Waals surface area contributed by atoms with Gasteiger partial charge in [0.1, 0.15) is 12.3 Å². The second-order valence-electron chi connectivity index (χ2n) is 6.02. The highest BCUT2D eigenvalue weighted by Gasteiger charge is 2.19. The molecule has 24 heavy (non-hydrogen) atoms. The van der Waals surface area contributed by atoms with Crippen LogP contribution in [0.2, 0.25) is 0 Å². The van der Waals surface area contributed by atoms with Crippen molar-refractivity contribution < 1.29 is 9.53 Å². The number of fused-ring (bicyclic) bond motifs is 1. The Kier molecular flexibility index (Phi) is 4.64. The number of para-hydroxylation sites is 1. The molecule has 0 saturated heterocycles. The number of methoxy groups -OCH3 is 1. The maximum Gasteiger partial charge on any atom is 0.257 e. The fourth-order valence-corrected chi connectivity index (χ4v) is 3.02. The SMILES string of the molecule is COc1ccccc1CN(C)C(=O)Cn1cnc2c(c1=O)CCC2. The van der Waals surface area contributed by atoms with Gasteiger partial charge in [0.15, 0.2) is 0 Å². The Morgan fingerprint density at radius 2 is 2.12 bits per heavy atom. The van der Waals surface area contributed by atoms with Crippen molar-refractivity contribution in [3.63, 3.8) is 0 Å². The van der Waals surface area contributed by atoms with Crippen LogP contribution < -0.4 is 10.3 Å². The van der Waals surface area contributed by atoms with Gasteiger partial charge in [0.25, 0.3) is 5.56 Å². The Hall–Kier alpha value is -2.63. The third kappa shape index (κ3) is 3.18. The minimum atomic E-state index is -0.136. The molecular weight excluding hydrogens is 306 g/mol. The van der Waals surface area contributed by atoms with Crippen LogP contribution in [0.1, 0.15) is 23.2 Å². The Morgan fingerprint density at radius 1 is 1.33 bits per heavy atom. The summed E-state index contributed by atoms with van der Waals surface area (Å²) in [6, 6.07) is 7.58. The first-order valence-corrected chi connectivity index (χ1v) is 8.03. The van der Waals surface area contributed by atoms with E-state index in [0.29, 0.717) is 6.54 Å². The highest BCUT2D eigenvalue weighted by molar-refractivity contribution is 5.75. The largest absolute Gasteiger partial charge is 0.496 e. The lowest BCUT2D eigenvalue weighted by molar-refractivity contribution is -0.131. The smallest absolute Gasteiger partial charge is 0.257 e. The van der Waals surface area contributed by atoms with Crippen LogP contribution in [0.5, 0.6) is 5.75 Å². The molecule has 3 rings (SSSR count). The number of aryl methyl sites for hydroxylation is 1. The van der Waals surface area contributed by atoms with Gasteiger partial charge in [-0.3, -0.25) is 14.2 Å². The minimum Gasteiger partial charge on any atom is -0.496 e. The van der Waals surface area contributed by atoms with E-state index in [2.05, 4.69) is 4.98 Å². The molecule has 0 bridgehead atoms. The molecule has 126 valence electrons. The van der Waals surface area contributed by atoms with Crippen LogP contribution in [0, 0.1) is 0 Å². The first kappa shape index (κ1) is 16.2. The summed E-state index contributed by atoms with van der Waals surface area (Å²) in [6.45, 7) is 0.431. The van der Waals surface area contributed by atoms with Crippen LogP contribution in [0.15, 0.2) is 35.4 Å². The Morgan fingerprint density at radius 3 is 2.92 bits per heavy atom. The fourth-order valence-electron chi connectivity index (χ4n) is 3.02. The first-order valence-electron chi connectivity index (χ1n) is 8.03. The molecule has 1 amide bonds. The summed E-state index contributed by atoms with van der Waals surface area (Å²) in [4.78, 5) is 30.8. The maximum absolute atomic E-state index is 12.5. The molecule has 0 unspecified atom stereocenters.